The van der Waals surface area contributed by atoms with E-state index in [2.05, 4.69) is 9.98 Å². The third kappa shape index (κ3) is 5.39. The Hall–Kier alpha value is -3.36. The van der Waals surface area contributed by atoms with Crippen molar-refractivity contribution in [1.82, 2.24) is 9.55 Å². The number of halogens is 3. The number of H-pyrrole nitrogens is 1. The van der Waals surface area contributed by atoms with Crippen molar-refractivity contribution in [2.24, 2.45) is 4.99 Å². The van der Waals surface area contributed by atoms with Crippen LogP contribution >= 0.6 is 23.2 Å². The van der Waals surface area contributed by atoms with E-state index in [1.807, 2.05) is 0 Å². The summed E-state index contributed by atoms with van der Waals surface area (Å²) in [7, 11) is 0. The highest BCUT2D eigenvalue weighted by atomic mass is 35.5. The number of benzene rings is 2. The quantitative estimate of drug-likeness (QED) is 0.365. The van der Waals surface area contributed by atoms with Crippen LogP contribution in [0.15, 0.2) is 46.2 Å². The first-order valence-corrected chi connectivity index (χ1v) is 11.9. The standard InChI is InChI=1S/C26H24Cl2FN3O4/c1-26(2,3)36-21(33)11-10-20(14-4-6-16(27)7-5-14)32-24(34)19(31-25(32)35)12-15-13-30-23-17(15)8-9-18(28)22(23)29/h4-9,12-13,20,34H,10-11H2,1-3H3,(H,31,35). The minimum atomic E-state index is -0.688. The summed E-state index contributed by atoms with van der Waals surface area (Å²) in [6.45, 7) is 5.32. The molecule has 0 amide bonds. The summed E-state index contributed by atoms with van der Waals surface area (Å²) in [6.07, 6.45) is 3.13. The maximum atomic E-state index is 14.3. The van der Waals surface area contributed by atoms with E-state index in [-0.39, 0.29) is 35.1 Å². The maximum Gasteiger partial charge on any atom is 0.329 e. The molecule has 0 saturated heterocycles. The van der Waals surface area contributed by atoms with Gasteiger partial charge >= 0.3 is 11.7 Å². The average molecular weight is 532 g/mol. The van der Waals surface area contributed by atoms with Gasteiger partial charge in [0.25, 0.3) is 0 Å². The van der Waals surface area contributed by atoms with Crippen LogP contribution in [0.4, 0.5) is 10.1 Å². The van der Waals surface area contributed by atoms with Gasteiger partial charge in [-0.05, 0) is 57.0 Å². The van der Waals surface area contributed by atoms with Gasteiger partial charge in [0.1, 0.15) is 17.0 Å². The zero-order valence-corrected chi connectivity index (χ0v) is 21.3. The lowest BCUT2D eigenvalue weighted by Crippen LogP contribution is -2.26. The van der Waals surface area contributed by atoms with Crippen LogP contribution in [0.1, 0.15) is 56.5 Å². The average Bonchev–Trinajstić information content (AvgIpc) is 3.32. The van der Waals surface area contributed by atoms with E-state index >= 15 is 0 Å². The molecule has 2 aromatic carbocycles. The first-order valence-electron chi connectivity index (χ1n) is 11.2. The predicted octanol–water partition coefficient (Wildman–Crippen LogP) is 6.30. The predicted molar refractivity (Wildman–Crippen MR) is 139 cm³/mol. The summed E-state index contributed by atoms with van der Waals surface area (Å²) in [5.74, 6) is -1.41. The van der Waals surface area contributed by atoms with Gasteiger partial charge in [-0.2, -0.15) is 0 Å². The lowest BCUT2D eigenvalue weighted by molar-refractivity contribution is -0.155. The minimum Gasteiger partial charge on any atom is -0.493 e. The molecule has 36 heavy (non-hydrogen) atoms. The molecule has 0 saturated carbocycles. The summed E-state index contributed by atoms with van der Waals surface area (Å²) >= 11 is 11.9. The highest BCUT2D eigenvalue weighted by Gasteiger charge is 2.26. The fourth-order valence-corrected chi connectivity index (χ4v) is 4.28. The van der Waals surface area contributed by atoms with E-state index in [9.17, 15) is 19.1 Å². The number of fused-ring (bicyclic) bond motifs is 1. The molecule has 1 atom stereocenters. The number of hydrogen-bond donors (Lipinski definition) is 2. The zero-order chi connectivity index (χ0) is 26.2. The Kier molecular flexibility index (Phi) is 7.11. The van der Waals surface area contributed by atoms with Gasteiger partial charge in [-0.25, -0.2) is 9.18 Å². The van der Waals surface area contributed by atoms with Crippen molar-refractivity contribution in [3.63, 3.8) is 0 Å². The topological polar surface area (TPSA) is 96.7 Å². The molecule has 4 rings (SSSR count). The fourth-order valence-electron chi connectivity index (χ4n) is 4.00. The summed E-state index contributed by atoms with van der Waals surface area (Å²) < 4.78 is 20.9. The number of rotatable bonds is 6. The summed E-state index contributed by atoms with van der Waals surface area (Å²) in [4.78, 5) is 32.1. The van der Waals surface area contributed by atoms with Crippen molar-refractivity contribution in [3.8, 4) is 5.88 Å². The number of carbonyl (C=O) groups is 1. The highest BCUT2D eigenvalue weighted by molar-refractivity contribution is 6.32. The van der Waals surface area contributed by atoms with Crippen LogP contribution in [0.3, 0.4) is 0 Å². The molecule has 1 aliphatic rings. The van der Waals surface area contributed by atoms with E-state index in [1.54, 1.807) is 51.1 Å². The molecule has 2 heterocycles. The van der Waals surface area contributed by atoms with Crippen molar-refractivity contribution in [1.29, 1.82) is 0 Å². The number of imidazole rings is 1. The summed E-state index contributed by atoms with van der Waals surface area (Å²) in [6, 6.07) is 9.13. The fraction of sp³-hybridized carbons (Fsp3) is 0.269. The van der Waals surface area contributed by atoms with Crippen LogP contribution in [-0.4, -0.2) is 32.4 Å². The van der Waals surface area contributed by atoms with Gasteiger partial charge in [0.05, 0.1) is 11.1 Å². The Bertz CT molecular complexity index is 1430. The van der Waals surface area contributed by atoms with E-state index in [1.165, 1.54) is 22.9 Å². The molecule has 1 unspecified atom stereocenters. The second kappa shape index (κ2) is 9.95. The third-order valence-electron chi connectivity index (χ3n) is 5.55. The van der Waals surface area contributed by atoms with Crippen LogP contribution in [-0.2, 0) is 9.53 Å². The largest absolute Gasteiger partial charge is 0.493 e. The van der Waals surface area contributed by atoms with Crippen molar-refractivity contribution in [2.45, 2.75) is 45.3 Å². The number of carbonyl (C=O) groups excluding carboxylic acids is 1. The minimum absolute atomic E-state index is 0.0120. The van der Waals surface area contributed by atoms with Gasteiger partial charge in [0.15, 0.2) is 5.82 Å². The number of aliphatic imine (C=N–C) groups is 1. The first kappa shape index (κ1) is 25.7. The summed E-state index contributed by atoms with van der Waals surface area (Å²) in [5, 5.41) is 11.5. The van der Waals surface area contributed by atoms with Crippen molar-refractivity contribution < 1.29 is 19.0 Å². The van der Waals surface area contributed by atoms with E-state index in [0.29, 0.717) is 21.7 Å². The van der Waals surface area contributed by atoms with Gasteiger partial charge in [-0.3, -0.25) is 14.4 Å². The molecular weight excluding hydrogens is 508 g/mol. The Labute approximate surface area is 216 Å². The number of allylic oxidation sites excluding steroid dienone is 1. The van der Waals surface area contributed by atoms with Crippen molar-refractivity contribution in [2.75, 3.05) is 0 Å². The molecule has 3 aromatic rings. The zero-order valence-electron chi connectivity index (χ0n) is 19.8. The monoisotopic (exact) mass is 531 g/mol. The molecule has 0 aliphatic carbocycles. The second-order valence-corrected chi connectivity index (χ2v) is 10.2. The lowest BCUT2D eigenvalue weighted by Gasteiger charge is -2.22. The van der Waals surface area contributed by atoms with Crippen molar-refractivity contribution in [3.05, 3.63) is 79.6 Å². The second-order valence-electron chi connectivity index (χ2n) is 9.35. The highest BCUT2D eigenvalue weighted by Crippen LogP contribution is 2.38. The third-order valence-corrected chi connectivity index (χ3v) is 6.09. The Balaban J connectivity index is 1.71. The van der Waals surface area contributed by atoms with Gasteiger partial charge in [-0.15, -0.1) is 0 Å². The van der Waals surface area contributed by atoms with Crippen LogP contribution < -0.4 is 5.69 Å². The smallest absolute Gasteiger partial charge is 0.329 e. The number of aromatic amines is 1. The molecule has 2 N–H and O–H groups in total. The van der Waals surface area contributed by atoms with Gasteiger partial charge in [0, 0.05) is 28.8 Å². The Morgan fingerprint density at radius 3 is 2.58 bits per heavy atom. The molecule has 0 spiro atoms. The molecule has 188 valence electrons. The molecule has 1 aromatic heterocycles. The molecule has 10 heteroatoms. The normalized spacial score (nSPS) is 14.8. The SMILES string of the molecule is CC(C)(C)OC(=O)CCC(c1ccc(Cl)cc1)n1c(O)c(C=C2C=Nc3c2ccc(Cl)c3F)[nH]c1=O. The number of aromatic hydroxyl groups is 1. The lowest BCUT2D eigenvalue weighted by atomic mass is 10.0. The number of nitrogens with one attached hydrogen (secondary N) is 1. The van der Waals surface area contributed by atoms with Crippen molar-refractivity contribution >= 4 is 52.7 Å². The molecular formula is C26H24Cl2FN3O4. The molecule has 1 aliphatic heterocycles. The number of nitrogens with zero attached hydrogens (tertiary/aromatic N) is 2. The molecule has 0 radical (unpaired) electrons. The van der Waals surface area contributed by atoms with E-state index < -0.39 is 29.1 Å². The number of esters is 1. The van der Waals surface area contributed by atoms with Crippen LogP contribution in [0.5, 0.6) is 5.88 Å². The van der Waals surface area contributed by atoms with Gasteiger partial charge in [0.2, 0.25) is 5.88 Å². The number of aromatic nitrogens is 2. The van der Waals surface area contributed by atoms with Gasteiger partial charge < -0.3 is 14.8 Å². The van der Waals surface area contributed by atoms with Gasteiger partial charge in [-0.1, -0.05) is 41.4 Å². The van der Waals surface area contributed by atoms with Crippen LogP contribution in [0, 0.1) is 5.82 Å². The first-order chi connectivity index (χ1) is 16.9. The number of ether oxygens (including phenoxy) is 1. The van der Waals surface area contributed by atoms with E-state index in [4.69, 9.17) is 27.9 Å². The number of hydrogen-bond acceptors (Lipinski definition) is 5. The molecule has 0 bridgehead atoms. The maximum absolute atomic E-state index is 14.3. The molecule has 7 nitrogen and oxygen atoms in total. The Morgan fingerprint density at radius 1 is 1.22 bits per heavy atom. The van der Waals surface area contributed by atoms with Crippen LogP contribution in [0.25, 0.3) is 11.6 Å². The molecule has 0 fully saturated rings. The van der Waals surface area contributed by atoms with Crippen LogP contribution in [0.2, 0.25) is 10.0 Å². The Morgan fingerprint density at radius 2 is 1.92 bits per heavy atom. The summed E-state index contributed by atoms with van der Waals surface area (Å²) in [5.41, 5.74) is 0.601. The van der Waals surface area contributed by atoms with E-state index in [0.717, 1.165) is 0 Å².